The Morgan fingerprint density at radius 3 is 2.71 bits per heavy atom. The molecule has 2 nitrogen and oxygen atoms in total. The lowest BCUT2D eigenvalue weighted by Crippen LogP contribution is -2.11. The van der Waals surface area contributed by atoms with E-state index in [4.69, 9.17) is 10.8 Å². The van der Waals surface area contributed by atoms with Crippen LogP contribution in [0.4, 0.5) is 0 Å². The fourth-order valence-electron chi connectivity index (χ4n) is 1.68. The van der Waals surface area contributed by atoms with E-state index in [1.54, 1.807) is 11.3 Å². The Balaban J connectivity index is 0.00000144. The van der Waals surface area contributed by atoms with Gasteiger partial charge in [0.1, 0.15) is 0 Å². The molecule has 0 spiro atoms. The first-order valence-corrected chi connectivity index (χ1v) is 6.24. The van der Waals surface area contributed by atoms with Gasteiger partial charge in [0.15, 0.2) is 0 Å². The van der Waals surface area contributed by atoms with Crippen LogP contribution in [0, 0.1) is 0 Å². The molecule has 0 amide bonds. The van der Waals surface area contributed by atoms with Crippen LogP contribution in [0.5, 0.6) is 0 Å². The van der Waals surface area contributed by atoms with Crippen molar-refractivity contribution in [3.05, 3.63) is 46.7 Å². The third kappa shape index (κ3) is 3.54. The zero-order chi connectivity index (χ0) is 11.4. The molecule has 1 aromatic carbocycles. The molecule has 92 valence electrons. The lowest BCUT2D eigenvalue weighted by atomic mass is 10.00. The van der Waals surface area contributed by atoms with Gasteiger partial charge in [-0.1, -0.05) is 18.2 Å². The Bertz CT molecular complexity index is 444. The topological polar surface area (TPSA) is 46.2 Å². The monoisotopic (exact) mass is 269 g/mol. The van der Waals surface area contributed by atoms with Crippen LogP contribution in [0.15, 0.2) is 41.1 Å². The van der Waals surface area contributed by atoms with E-state index in [0.717, 1.165) is 5.56 Å². The summed E-state index contributed by atoms with van der Waals surface area (Å²) in [6.07, 6.45) is 0.604. The van der Waals surface area contributed by atoms with E-state index >= 15 is 0 Å². The maximum atomic E-state index is 8.87. The highest BCUT2D eigenvalue weighted by Crippen LogP contribution is 2.25. The number of halogens is 1. The van der Waals surface area contributed by atoms with Crippen LogP contribution in [0.25, 0.3) is 11.1 Å². The number of hydrogen-bond donors (Lipinski definition) is 2. The molecule has 1 aromatic heterocycles. The number of nitrogens with two attached hydrogens (primary N) is 1. The minimum atomic E-state index is -0.0800. The largest absolute Gasteiger partial charge is 0.396 e. The number of rotatable bonds is 4. The molecule has 3 N–H and O–H groups in total. The summed E-state index contributed by atoms with van der Waals surface area (Å²) in [7, 11) is 0. The zero-order valence-electron chi connectivity index (χ0n) is 9.37. The summed E-state index contributed by atoms with van der Waals surface area (Å²) in [5.41, 5.74) is 9.46. The molecule has 0 fully saturated rings. The van der Waals surface area contributed by atoms with Crippen LogP contribution in [0.2, 0.25) is 0 Å². The zero-order valence-corrected chi connectivity index (χ0v) is 11.0. The second kappa shape index (κ2) is 6.77. The molecule has 4 heteroatoms. The first-order valence-electron chi connectivity index (χ1n) is 5.30. The van der Waals surface area contributed by atoms with Crippen molar-refractivity contribution in [2.45, 2.75) is 12.5 Å². The Morgan fingerprint density at radius 2 is 2.06 bits per heavy atom. The summed E-state index contributed by atoms with van der Waals surface area (Å²) in [5, 5.41) is 13.1. The van der Waals surface area contributed by atoms with Gasteiger partial charge < -0.3 is 10.8 Å². The summed E-state index contributed by atoms with van der Waals surface area (Å²) in [6.45, 7) is 0.129. The summed E-state index contributed by atoms with van der Waals surface area (Å²) in [5.74, 6) is 0. The van der Waals surface area contributed by atoms with Gasteiger partial charge >= 0.3 is 0 Å². The number of hydrogen-bond acceptors (Lipinski definition) is 3. The Labute approximate surface area is 112 Å². The first-order chi connectivity index (χ1) is 7.81. The van der Waals surface area contributed by atoms with Crippen LogP contribution in [0.1, 0.15) is 18.0 Å². The van der Waals surface area contributed by atoms with Crippen LogP contribution in [-0.2, 0) is 0 Å². The first kappa shape index (κ1) is 14.2. The minimum Gasteiger partial charge on any atom is -0.396 e. The molecule has 1 unspecified atom stereocenters. The lowest BCUT2D eigenvalue weighted by molar-refractivity contribution is 0.276. The molecule has 0 radical (unpaired) electrons. The van der Waals surface area contributed by atoms with Crippen molar-refractivity contribution in [1.29, 1.82) is 0 Å². The molecule has 0 saturated carbocycles. The van der Waals surface area contributed by atoms with Crippen molar-refractivity contribution in [2.24, 2.45) is 5.73 Å². The van der Waals surface area contributed by atoms with Gasteiger partial charge in [-0.25, -0.2) is 0 Å². The molecule has 0 aliphatic rings. The number of benzene rings is 1. The summed E-state index contributed by atoms with van der Waals surface area (Å²) in [4.78, 5) is 0. The standard InChI is InChI=1S/C13H15NOS.ClH/c14-13(4-6-15)11-3-1-2-10(8-11)12-5-7-16-9-12;/h1-3,5,7-9,13,15H,4,6,14H2;1H. The van der Waals surface area contributed by atoms with Gasteiger partial charge in [0.2, 0.25) is 0 Å². The quantitative estimate of drug-likeness (QED) is 0.895. The van der Waals surface area contributed by atoms with Crippen molar-refractivity contribution >= 4 is 23.7 Å². The van der Waals surface area contributed by atoms with Crippen molar-refractivity contribution in [3.8, 4) is 11.1 Å². The summed E-state index contributed by atoms with van der Waals surface area (Å²) >= 11 is 1.69. The number of thiophene rings is 1. The minimum absolute atomic E-state index is 0. The van der Waals surface area contributed by atoms with Crippen LogP contribution in [0.3, 0.4) is 0 Å². The van der Waals surface area contributed by atoms with E-state index in [2.05, 4.69) is 29.0 Å². The van der Waals surface area contributed by atoms with Crippen molar-refractivity contribution < 1.29 is 5.11 Å². The maximum absolute atomic E-state index is 8.87. The SMILES string of the molecule is Cl.NC(CCO)c1cccc(-c2ccsc2)c1. The van der Waals surface area contributed by atoms with Gasteiger partial charge in [-0.05, 0) is 46.0 Å². The molecule has 0 aliphatic carbocycles. The van der Waals surface area contributed by atoms with E-state index in [1.165, 1.54) is 11.1 Å². The Morgan fingerprint density at radius 1 is 1.24 bits per heavy atom. The second-order valence-electron chi connectivity index (χ2n) is 3.76. The van der Waals surface area contributed by atoms with Crippen molar-refractivity contribution in [3.63, 3.8) is 0 Å². The highest BCUT2D eigenvalue weighted by molar-refractivity contribution is 7.08. The van der Waals surface area contributed by atoms with Crippen molar-refractivity contribution in [2.75, 3.05) is 6.61 Å². The Kier molecular flexibility index (Phi) is 5.65. The second-order valence-corrected chi connectivity index (χ2v) is 4.54. The fourth-order valence-corrected chi connectivity index (χ4v) is 2.35. The molecular weight excluding hydrogens is 254 g/mol. The predicted molar refractivity (Wildman–Crippen MR) is 75.6 cm³/mol. The summed E-state index contributed by atoms with van der Waals surface area (Å²) < 4.78 is 0. The van der Waals surface area contributed by atoms with Gasteiger partial charge in [0.05, 0.1) is 0 Å². The van der Waals surface area contributed by atoms with E-state index in [9.17, 15) is 0 Å². The van der Waals surface area contributed by atoms with Gasteiger partial charge in [0.25, 0.3) is 0 Å². The molecule has 0 bridgehead atoms. The molecule has 2 rings (SSSR count). The normalized spacial score (nSPS) is 11.9. The smallest absolute Gasteiger partial charge is 0.0449 e. The number of aliphatic hydroxyl groups is 1. The molecular formula is C13H16ClNOS. The molecule has 1 heterocycles. The van der Waals surface area contributed by atoms with Gasteiger partial charge in [-0.3, -0.25) is 0 Å². The van der Waals surface area contributed by atoms with Crippen LogP contribution in [-0.4, -0.2) is 11.7 Å². The molecule has 0 saturated heterocycles. The molecule has 1 atom stereocenters. The third-order valence-electron chi connectivity index (χ3n) is 2.61. The van der Waals surface area contributed by atoms with Crippen LogP contribution < -0.4 is 5.73 Å². The fraction of sp³-hybridized carbons (Fsp3) is 0.231. The summed E-state index contributed by atoms with van der Waals surface area (Å²) in [6, 6.07) is 10.2. The highest BCUT2D eigenvalue weighted by Gasteiger charge is 2.06. The Hall–Kier alpha value is -0.870. The average molecular weight is 270 g/mol. The molecule has 0 aliphatic heterocycles. The van der Waals surface area contributed by atoms with Gasteiger partial charge in [-0.2, -0.15) is 11.3 Å². The van der Waals surface area contributed by atoms with Gasteiger partial charge in [-0.15, -0.1) is 12.4 Å². The predicted octanol–water partition coefficient (Wildman–Crippen LogP) is 3.22. The van der Waals surface area contributed by atoms with E-state index < -0.39 is 0 Å². The molecule has 2 aromatic rings. The van der Waals surface area contributed by atoms with Crippen LogP contribution >= 0.6 is 23.7 Å². The van der Waals surface area contributed by atoms with Gasteiger partial charge in [0, 0.05) is 12.6 Å². The van der Waals surface area contributed by atoms with E-state index in [1.807, 2.05) is 12.1 Å². The van der Waals surface area contributed by atoms with Crippen molar-refractivity contribution in [1.82, 2.24) is 0 Å². The molecule has 17 heavy (non-hydrogen) atoms. The maximum Gasteiger partial charge on any atom is 0.0449 e. The third-order valence-corrected chi connectivity index (χ3v) is 3.29. The highest BCUT2D eigenvalue weighted by atomic mass is 35.5. The van der Waals surface area contributed by atoms with E-state index in [0.29, 0.717) is 6.42 Å². The number of aliphatic hydroxyl groups excluding tert-OH is 1. The average Bonchev–Trinajstić information content (AvgIpc) is 2.83. The lowest BCUT2D eigenvalue weighted by Gasteiger charge is -2.11. The van der Waals surface area contributed by atoms with E-state index in [-0.39, 0.29) is 25.1 Å².